The predicted octanol–water partition coefficient (Wildman–Crippen LogP) is 5.15. The summed E-state index contributed by atoms with van der Waals surface area (Å²) in [6.45, 7) is 4.76. The number of nitrogens with two attached hydrogens (primary N) is 2. The molecule has 0 atom stereocenters. The largest absolute Gasteiger partial charge is 0.399 e. The minimum absolute atomic E-state index is 0.850. The summed E-state index contributed by atoms with van der Waals surface area (Å²) in [5.41, 5.74) is 16.0. The zero-order valence-corrected chi connectivity index (χ0v) is 17.6. The van der Waals surface area contributed by atoms with Crippen LogP contribution in [0.5, 0.6) is 0 Å². The Balaban J connectivity index is 1.13. The van der Waals surface area contributed by atoms with Crippen LogP contribution in [0, 0.1) is 11.8 Å². The molecule has 0 amide bonds. The molecule has 4 heteroatoms. The summed E-state index contributed by atoms with van der Waals surface area (Å²) in [7, 11) is 0. The maximum Gasteiger partial charge on any atom is 0.0367 e. The van der Waals surface area contributed by atoms with Gasteiger partial charge >= 0.3 is 0 Å². The van der Waals surface area contributed by atoms with Crippen molar-refractivity contribution in [3.8, 4) is 0 Å². The first-order chi connectivity index (χ1) is 14.2. The van der Waals surface area contributed by atoms with E-state index in [1.165, 1.54) is 82.5 Å². The van der Waals surface area contributed by atoms with Crippen molar-refractivity contribution in [2.45, 2.75) is 44.9 Å². The molecule has 0 saturated carbocycles. The van der Waals surface area contributed by atoms with E-state index in [0.29, 0.717) is 0 Å². The molecule has 0 aliphatic carbocycles. The number of nitrogen functional groups attached to an aromatic ring is 2. The van der Waals surface area contributed by atoms with Crippen molar-refractivity contribution in [2.24, 2.45) is 11.8 Å². The Morgan fingerprint density at radius 3 is 1.28 bits per heavy atom. The molecule has 156 valence electrons. The minimum atomic E-state index is 0.850. The molecule has 2 saturated heterocycles. The van der Waals surface area contributed by atoms with Gasteiger partial charge in [-0.15, -0.1) is 0 Å². The van der Waals surface area contributed by atoms with E-state index in [1.54, 1.807) is 0 Å². The van der Waals surface area contributed by atoms with Crippen LogP contribution in [0.3, 0.4) is 0 Å². The monoisotopic (exact) mass is 392 g/mol. The zero-order chi connectivity index (χ0) is 20.1. The average Bonchev–Trinajstić information content (AvgIpc) is 2.76. The van der Waals surface area contributed by atoms with Crippen molar-refractivity contribution in [1.29, 1.82) is 0 Å². The molecule has 4 N–H and O–H groups in total. The Morgan fingerprint density at radius 2 is 0.931 bits per heavy atom. The predicted molar refractivity (Wildman–Crippen MR) is 125 cm³/mol. The molecule has 4 rings (SSSR count). The van der Waals surface area contributed by atoms with Crippen molar-refractivity contribution >= 4 is 22.7 Å². The molecular formula is C25H36N4. The van der Waals surface area contributed by atoms with Gasteiger partial charge in [0.05, 0.1) is 0 Å². The van der Waals surface area contributed by atoms with Gasteiger partial charge in [-0.1, -0.05) is 19.3 Å². The molecule has 0 aromatic heterocycles. The Labute approximate surface area is 175 Å². The van der Waals surface area contributed by atoms with E-state index in [2.05, 4.69) is 34.1 Å². The first-order valence-electron chi connectivity index (χ1n) is 11.4. The van der Waals surface area contributed by atoms with E-state index in [0.717, 1.165) is 23.2 Å². The number of hydrogen-bond donors (Lipinski definition) is 2. The fourth-order valence-electron chi connectivity index (χ4n) is 5.03. The maximum absolute atomic E-state index is 5.81. The molecule has 0 spiro atoms. The van der Waals surface area contributed by atoms with Gasteiger partial charge in [0, 0.05) is 48.9 Å². The number of rotatable bonds is 6. The lowest BCUT2D eigenvalue weighted by Crippen LogP contribution is -2.34. The van der Waals surface area contributed by atoms with Crippen LogP contribution < -0.4 is 21.3 Å². The Morgan fingerprint density at radius 1 is 0.586 bits per heavy atom. The summed E-state index contributed by atoms with van der Waals surface area (Å²) in [6, 6.07) is 16.7. The molecule has 2 aromatic rings. The third-order valence-corrected chi connectivity index (χ3v) is 6.97. The smallest absolute Gasteiger partial charge is 0.0367 e. The SMILES string of the molecule is Nc1ccc(N2CCC(CCCC3CCN(c4ccc(N)cc4)CC3)CC2)cc1. The second-order valence-corrected chi connectivity index (χ2v) is 8.97. The third-order valence-electron chi connectivity index (χ3n) is 6.97. The van der Waals surface area contributed by atoms with Crippen LogP contribution in [0.2, 0.25) is 0 Å². The number of anilines is 4. The normalized spacial score (nSPS) is 18.9. The lowest BCUT2D eigenvalue weighted by molar-refractivity contribution is 0.325. The summed E-state index contributed by atoms with van der Waals surface area (Å²) in [6.07, 6.45) is 9.56. The van der Waals surface area contributed by atoms with Gasteiger partial charge in [-0.25, -0.2) is 0 Å². The van der Waals surface area contributed by atoms with Gasteiger partial charge in [-0.2, -0.15) is 0 Å². The Hall–Kier alpha value is -2.36. The Kier molecular flexibility index (Phi) is 6.48. The van der Waals surface area contributed by atoms with Crippen LogP contribution in [-0.2, 0) is 0 Å². The highest BCUT2D eigenvalue weighted by atomic mass is 15.1. The van der Waals surface area contributed by atoms with Crippen molar-refractivity contribution in [2.75, 3.05) is 47.4 Å². The lowest BCUT2D eigenvalue weighted by atomic mass is 9.86. The molecule has 2 aromatic carbocycles. The second-order valence-electron chi connectivity index (χ2n) is 8.97. The second kappa shape index (κ2) is 9.43. The van der Waals surface area contributed by atoms with Crippen LogP contribution in [-0.4, -0.2) is 26.2 Å². The summed E-state index contributed by atoms with van der Waals surface area (Å²) >= 11 is 0. The number of nitrogens with zero attached hydrogens (tertiary/aromatic N) is 2. The fraction of sp³-hybridized carbons (Fsp3) is 0.520. The highest BCUT2D eigenvalue weighted by Gasteiger charge is 2.22. The fourth-order valence-corrected chi connectivity index (χ4v) is 5.03. The molecule has 0 unspecified atom stereocenters. The van der Waals surface area contributed by atoms with Crippen molar-refractivity contribution in [1.82, 2.24) is 0 Å². The van der Waals surface area contributed by atoms with Gasteiger partial charge in [0.15, 0.2) is 0 Å². The molecule has 0 bridgehead atoms. The Bertz CT molecular complexity index is 674. The van der Waals surface area contributed by atoms with Gasteiger partial charge in [0.25, 0.3) is 0 Å². The molecule has 2 aliphatic heterocycles. The standard InChI is InChI=1S/C25H36N4/c26-22-4-8-24(9-5-22)28-16-12-20(13-17-28)2-1-3-21-14-18-29(19-15-21)25-10-6-23(27)7-11-25/h4-11,20-21H,1-3,12-19,26-27H2. The highest BCUT2D eigenvalue weighted by Crippen LogP contribution is 2.30. The molecule has 29 heavy (non-hydrogen) atoms. The van der Waals surface area contributed by atoms with Gasteiger partial charge in [0.2, 0.25) is 0 Å². The van der Waals surface area contributed by atoms with Gasteiger partial charge in [-0.05, 0) is 86.1 Å². The van der Waals surface area contributed by atoms with Crippen LogP contribution in [0.4, 0.5) is 22.7 Å². The van der Waals surface area contributed by atoms with Crippen LogP contribution in [0.15, 0.2) is 48.5 Å². The molecule has 4 nitrogen and oxygen atoms in total. The summed E-state index contributed by atoms with van der Waals surface area (Å²) < 4.78 is 0. The highest BCUT2D eigenvalue weighted by molar-refractivity contribution is 5.54. The van der Waals surface area contributed by atoms with E-state index >= 15 is 0 Å². The topological polar surface area (TPSA) is 58.5 Å². The van der Waals surface area contributed by atoms with Crippen molar-refractivity contribution < 1.29 is 0 Å². The maximum atomic E-state index is 5.81. The van der Waals surface area contributed by atoms with E-state index in [1.807, 2.05) is 24.3 Å². The van der Waals surface area contributed by atoms with Crippen LogP contribution >= 0.6 is 0 Å². The zero-order valence-electron chi connectivity index (χ0n) is 17.6. The molecule has 2 heterocycles. The quantitative estimate of drug-likeness (QED) is 0.667. The van der Waals surface area contributed by atoms with E-state index < -0.39 is 0 Å². The van der Waals surface area contributed by atoms with Gasteiger partial charge in [0.1, 0.15) is 0 Å². The van der Waals surface area contributed by atoms with E-state index in [4.69, 9.17) is 11.5 Å². The number of hydrogen-bond acceptors (Lipinski definition) is 4. The van der Waals surface area contributed by atoms with Gasteiger partial charge < -0.3 is 21.3 Å². The van der Waals surface area contributed by atoms with Crippen LogP contribution in [0.1, 0.15) is 44.9 Å². The minimum Gasteiger partial charge on any atom is -0.399 e. The number of benzene rings is 2. The lowest BCUT2D eigenvalue weighted by Gasteiger charge is -2.35. The first-order valence-corrected chi connectivity index (χ1v) is 11.4. The molecule has 2 fully saturated rings. The number of piperidine rings is 2. The summed E-state index contributed by atoms with van der Waals surface area (Å²) in [5.74, 6) is 1.82. The molecular weight excluding hydrogens is 356 g/mol. The van der Waals surface area contributed by atoms with Crippen molar-refractivity contribution in [3.63, 3.8) is 0 Å². The van der Waals surface area contributed by atoms with Crippen molar-refractivity contribution in [3.05, 3.63) is 48.5 Å². The summed E-state index contributed by atoms with van der Waals surface area (Å²) in [5, 5.41) is 0. The van der Waals surface area contributed by atoms with E-state index in [-0.39, 0.29) is 0 Å². The average molecular weight is 393 g/mol. The molecule has 2 aliphatic rings. The van der Waals surface area contributed by atoms with Crippen LogP contribution in [0.25, 0.3) is 0 Å². The van der Waals surface area contributed by atoms with Gasteiger partial charge in [-0.3, -0.25) is 0 Å². The van der Waals surface area contributed by atoms with E-state index in [9.17, 15) is 0 Å². The molecule has 0 radical (unpaired) electrons. The summed E-state index contributed by atoms with van der Waals surface area (Å²) in [4.78, 5) is 5.03. The third kappa shape index (κ3) is 5.37. The first kappa shape index (κ1) is 19.9.